The van der Waals surface area contributed by atoms with Gasteiger partial charge in [-0.1, -0.05) is 11.6 Å². The molecule has 0 aromatic heterocycles. The van der Waals surface area contributed by atoms with Crippen LogP contribution in [0.4, 0.5) is 0 Å². The van der Waals surface area contributed by atoms with Gasteiger partial charge in [0.15, 0.2) is 11.1 Å². The minimum atomic E-state index is -3.75. The normalized spacial score (nSPS) is 13.7. The second-order valence-electron chi connectivity index (χ2n) is 2.58. The van der Waals surface area contributed by atoms with E-state index in [1.54, 1.807) is 12.1 Å². The molecular formula is C8H10ClO5PS. The van der Waals surface area contributed by atoms with E-state index in [1.165, 1.54) is 12.1 Å². The summed E-state index contributed by atoms with van der Waals surface area (Å²) in [6, 6.07) is 6.08. The lowest BCUT2D eigenvalue weighted by Crippen LogP contribution is -1.99. The third-order valence-electron chi connectivity index (χ3n) is 1.61. The van der Waals surface area contributed by atoms with Crippen LogP contribution in [-0.2, 0) is 28.7 Å². The van der Waals surface area contributed by atoms with Crippen molar-refractivity contribution in [1.82, 2.24) is 0 Å². The van der Waals surface area contributed by atoms with Gasteiger partial charge in [0.25, 0.3) is 0 Å². The average molecular weight is 285 g/mol. The molecule has 0 aliphatic rings. The van der Waals surface area contributed by atoms with E-state index in [0.29, 0.717) is 9.92 Å². The number of halogens is 1. The topological polar surface area (TPSA) is 61.8 Å². The Morgan fingerprint density at radius 1 is 1.19 bits per heavy atom. The molecule has 8 heteroatoms. The van der Waals surface area contributed by atoms with Gasteiger partial charge in [-0.05, 0) is 24.3 Å². The van der Waals surface area contributed by atoms with E-state index < -0.39 is 18.9 Å². The maximum absolute atomic E-state index is 11.6. The number of hydrogen-bond acceptors (Lipinski definition) is 5. The van der Waals surface area contributed by atoms with Crippen LogP contribution in [0.15, 0.2) is 29.2 Å². The lowest BCUT2D eigenvalue weighted by atomic mass is 10.4. The highest BCUT2D eigenvalue weighted by molar-refractivity contribution is 7.85. The first-order chi connectivity index (χ1) is 7.50. The molecule has 1 atom stereocenters. The molecule has 0 amide bonds. The fraction of sp³-hybridized carbons (Fsp3) is 0.250. The maximum Gasteiger partial charge on any atom is 0.487 e. The number of phosphoric ester groups is 1. The van der Waals surface area contributed by atoms with E-state index in [-0.39, 0.29) is 0 Å². The monoisotopic (exact) mass is 284 g/mol. The Bertz CT molecular complexity index is 413. The van der Waals surface area contributed by atoms with Crippen LogP contribution >= 0.6 is 19.4 Å². The van der Waals surface area contributed by atoms with Gasteiger partial charge in [0.2, 0.25) is 0 Å². The van der Waals surface area contributed by atoms with Crippen molar-refractivity contribution in [3.05, 3.63) is 29.3 Å². The molecule has 90 valence electrons. The van der Waals surface area contributed by atoms with E-state index >= 15 is 0 Å². The van der Waals surface area contributed by atoms with Crippen LogP contribution in [0.5, 0.6) is 0 Å². The van der Waals surface area contributed by atoms with Gasteiger partial charge in [0.1, 0.15) is 0 Å². The molecule has 0 saturated heterocycles. The van der Waals surface area contributed by atoms with Crippen LogP contribution in [-0.4, -0.2) is 18.4 Å². The highest BCUT2D eigenvalue weighted by atomic mass is 35.5. The number of phosphoric acid groups is 1. The predicted octanol–water partition coefficient (Wildman–Crippen LogP) is 2.78. The molecule has 1 rings (SSSR count). The summed E-state index contributed by atoms with van der Waals surface area (Å²) >= 11 is 3.73. The van der Waals surface area contributed by atoms with Crippen LogP contribution in [0.2, 0.25) is 5.02 Å². The Morgan fingerprint density at radius 3 is 2.12 bits per heavy atom. The van der Waals surface area contributed by atoms with Crippen LogP contribution in [0.25, 0.3) is 0 Å². The van der Waals surface area contributed by atoms with E-state index in [0.717, 1.165) is 14.2 Å². The Labute approximate surface area is 101 Å². The van der Waals surface area contributed by atoms with Crippen molar-refractivity contribution in [3.8, 4) is 0 Å². The van der Waals surface area contributed by atoms with Gasteiger partial charge in [-0.2, -0.15) is 3.97 Å². The van der Waals surface area contributed by atoms with Crippen molar-refractivity contribution in [2.75, 3.05) is 14.2 Å². The van der Waals surface area contributed by atoms with Crippen LogP contribution in [0.3, 0.4) is 0 Å². The quantitative estimate of drug-likeness (QED) is 0.778. The molecule has 1 aromatic rings. The van der Waals surface area contributed by atoms with Gasteiger partial charge in [-0.15, -0.1) is 0 Å². The molecule has 5 nitrogen and oxygen atoms in total. The number of hydrogen-bond donors (Lipinski definition) is 0. The second-order valence-corrected chi connectivity index (χ2v) is 6.17. The Morgan fingerprint density at radius 2 is 1.69 bits per heavy atom. The zero-order valence-electron chi connectivity index (χ0n) is 8.58. The van der Waals surface area contributed by atoms with Gasteiger partial charge in [0.05, 0.1) is 4.90 Å². The van der Waals surface area contributed by atoms with E-state index in [1.807, 2.05) is 0 Å². The lowest BCUT2D eigenvalue weighted by molar-refractivity contribution is 0.217. The molecule has 1 aromatic carbocycles. The first-order valence-electron chi connectivity index (χ1n) is 4.09. The minimum absolute atomic E-state index is 0.318. The van der Waals surface area contributed by atoms with E-state index in [2.05, 4.69) is 9.05 Å². The molecule has 0 bridgehead atoms. The number of benzene rings is 1. The predicted molar refractivity (Wildman–Crippen MR) is 60.6 cm³/mol. The zero-order valence-corrected chi connectivity index (χ0v) is 11.1. The lowest BCUT2D eigenvalue weighted by Gasteiger charge is -2.11. The molecule has 0 N–H and O–H groups in total. The third kappa shape index (κ3) is 3.66. The Kier molecular flexibility index (Phi) is 5.11. The summed E-state index contributed by atoms with van der Waals surface area (Å²) in [5.74, 6) is 0. The first-order valence-corrected chi connectivity index (χ1v) is 7.01. The standard InChI is InChI=1S/C8H10ClO5PS/c1-12-15(10,13-2)14-16(11)8-5-3-7(9)4-6-8/h3-6H,1-2H3. The smallest absolute Gasteiger partial charge is 0.290 e. The second kappa shape index (κ2) is 5.91. The van der Waals surface area contributed by atoms with Crippen molar-refractivity contribution in [3.63, 3.8) is 0 Å². The Balaban J connectivity index is 2.80. The number of rotatable bonds is 5. The molecule has 1 unspecified atom stereocenters. The Hall–Kier alpha value is -0.230. The SMILES string of the molecule is COP(=O)(OC)OS(=O)c1ccc(Cl)cc1. The minimum Gasteiger partial charge on any atom is -0.290 e. The van der Waals surface area contributed by atoms with Gasteiger partial charge >= 0.3 is 7.82 Å². The first kappa shape index (κ1) is 13.8. The summed E-state index contributed by atoms with van der Waals surface area (Å²) < 4.78 is 36.8. The fourth-order valence-electron chi connectivity index (χ4n) is 0.807. The van der Waals surface area contributed by atoms with Crippen molar-refractivity contribution < 1.29 is 21.8 Å². The van der Waals surface area contributed by atoms with Crippen molar-refractivity contribution in [2.45, 2.75) is 4.90 Å². The third-order valence-corrected chi connectivity index (χ3v) is 4.69. The van der Waals surface area contributed by atoms with Gasteiger partial charge in [-0.3, -0.25) is 9.05 Å². The van der Waals surface area contributed by atoms with Crippen molar-refractivity contribution >= 4 is 30.5 Å². The summed E-state index contributed by atoms with van der Waals surface area (Å²) in [5.41, 5.74) is 0. The summed E-state index contributed by atoms with van der Waals surface area (Å²) in [4.78, 5) is 0.318. The van der Waals surface area contributed by atoms with Crippen molar-refractivity contribution in [1.29, 1.82) is 0 Å². The largest absolute Gasteiger partial charge is 0.487 e. The molecule has 16 heavy (non-hydrogen) atoms. The van der Waals surface area contributed by atoms with Crippen LogP contribution in [0.1, 0.15) is 0 Å². The molecule has 0 fully saturated rings. The summed E-state index contributed by atoms with van der Waals surface area (Å²) in [6.07, 6.45) is 0. The van der Waals surface area contributed by atoms with Gasteiger partial charge in [0, 0.05) is 19.2 Å². The van der Waals surface area contributed by atoms with E-state index in [9.17, 15) is 8.77 Å². The van der Waals surface area contributed by atoms with Gasteiger partial charge in [-0.25, -0.2) is 8.77 Å². The van der Waals surface area contributed by atoms with Gasteiger partial charge < -0.3 is 0 Å². The molecule has 0 heterocycles. The molecule has 0 aliphatic carbocycles. The van der Waals surface area contributed by atoms with E-state index in [4.69, 9.17) is 15.6 Å². The molecule has 0 saturated carbocycles. The van der Waals surface area contributed by atoms with Crippen molar-refractivity contribution in [2.24, 2.45) is 0 Å². The summed E-state index contributed by atoms with van der Waals surface area (Å²) in [5, 5.41) is 0.502. The zero-order chi connectivity index (χ0) is 12.2. The summed E-state index contributed by atoms with van der Waals surface area (Å²) in [7, 11) is -1.46. The van der Waals surface area contributed by atoms with Crippen LogP contribution in [0, 0.1) is 0 Å². The molecular weight excluding hydrogens is 275 g/mol. The molecule has 0 spiro atoms. The maximum atomic E-state index is 11.6. The molecule has 0 aliphatic heterocycles. The highest BCUT2D eigenvalue weighted by Crippen LogP contribution is 2.49. The molecule has 0 radical (unpaired) electrons. The fourth-order valence-corrected chi connectivity index (χ4v) is 2.93. The average Bonchev–Trinajstić information content (AvgIpc) is 2.29. The summed E-state index contributed by atoms with van der Waals surface area (Å²) in [6.45, 7) is 0. The van der Waals surface area contributed by atoms with Crippen LogP contribution < -0.4 is 0 Å². The highest BCUT2D eigenvalue weighted by Gasteiger charge is 2.27.